The van der Waals surface area contributed by atoms with Gasteiger partial charge in [-0.3, -0.25) is 4.79 Å². The number of hydrogen-bond acceptors (Lipinski definition) is 4. The van der Waals surface area contributed by atoms with Crippen molar-refractivity contribution >= 4 is 28.3 Å². The fourth-order valence-corrected chi connectivity index (χ4v) is 5.18. The Morgan fingerprint density at radius 2 is 1.51 bits per heavy atom. The number of methoxy groups -OCH3 is 1. The number of carbonyl (C=O) groups excluding carboxylic acids is 2. The molecule has 2 saturated heterocycles. The molecule has 6 nitrogen and oxygen atoms in total. The summed E-state index contributed by atoms with van der Waals surface area (Å²) in [5.41, 5.74) is -0.178. The monoisotopic (exact) mass is 514 g/mol. The summed E-state index contributed by atoms with van der Waals surface area (Å²) >= 11 is 1.51. The van der Waals surface area contributed by atoms with E-state index in [4.69, 9.17) is 4.74 Å². The summed E-state index contributed by atoms with van der Waals surface area (Å²) in [7, 11) is 0.862. The van der Waals surface area contributed by atoms with Gasteiger partial charge in [0.05, 0.1) is 0 Å². The minimum absolute atomic E-state index is 0.124. The molecule has 35 heavy (non-hydrogen) atoms. The first-order chi connectivity index (χ1) is 16.1. The number of rotatable bonds is 3. The number of likely N-dealkylation sites (tertiary alicyclic amines) is 2. The molecule has 1 unspecified atom stereocenters. The largest absolute Gasteiger partial charge is 0.444 e. The Morgan fingerprint density at radius 3 is 1.97 bits per heavy atom. The third kappa shape index (κ3) is 5.78. The van der Waals surface area contributed by atoms with E-state index >= 15 is 0 Å². The summed E-state index contributed by atoms with van der Waals surface area (Å²) in [5, 5.41) is 0. The zero-order valence-corrected chi connectivity index (χ0v) is 21.6. The zero-order valence-electron chi connectivity index (χ0n) is 20.5. The fraction of sp³-hybridized carbons (Fsp3) is 0.667. The first-order valence-electron chi connectivity index (χ1n) is 11.6. The summed E-state index contributed by atoms with van der Waals surface area (Å²) in [6.45, 7) is 6.36. The third-order valence-electron chi connectivity index (χ3n) is 7.05. The summed E-state index contributed by atoms with van der Waals surface area (Å²) in [6, 6.07) is 6.08. The molecule has 2 atom stereocenters. The summed E-state index contributed by atoms with van der Waals surface area (Å²) in [4.78, 5) is 28.4. The molecule has 2 aliphatic heterocycles. The lowest BCUT2D eigenvalue weighted by Gasteiger charge is -2.52. The molecule has 0 aliphatic carbocycles. The Morgan fingerprint density at radius 1 is 1.00 bits per heavy atom. The van der Waals surface area contributed by atoms with E-state index in [1.54, 1.807) is 37.8 Å². The van der Waals surface area contributed by atoms with E-state index in [0.717, 1.165) is 12.7 Å². The second kappa shape index (κ2) is 9.91. The Labute approximate surface area is 211 Å². The molecule has 3 rings (SSSR count). The molecule has 0 N–H and O–H groups in total. The van der Waals surface area contributed by atoms with Crippen molar-refractivity contribution < 1.29 is 36.6 Å². The van der Waals surface area contributed by atoms with Gasteiger partial charge < -0.3 is 19.3 Å². The molecule has 2 radical (unpaired) electrons. The van der Waals surface area contributed by atoms with Gasteiger partial charge in [-0.15, -0.1) is 0 Å². The standard InChI is InChI=1S/C24H31F4N2O4.Al/c1-22(2,3)34-21(32)30-14-11-23(18(15-30)16-5-7-17(25)8-6-16)9-12-29(13-10-23)20(31)19(33-4)24(26,27)28;/h5-8,18H,9-15H2,1-4H3;. The molecule has 192 valence electrons. The summed E-state index contributed by atoms with van der Waals surface area (Å²) in [6.07, 6.45) is -3.83. The normalized spacial score (nSPS) is 22.6. The van der Waals surface area contributed by atoms with Crippen LogP contribution in [0.15, 0.2) is 24.3 Å². The van der Waals surface area contributed by atoms with Crippen LogP contribution in [0.5, 0.6) is 0 Å². The number of carbonyl (C=O) groups is 2. The van der Waals surface area contributed by atoms with Crippen molar-refractivity contribution in [3.8, 4) is 0 Å². The van der Waals surface area contributed by atoms with Crippen molar-refractivity contribution in [2.75, 3.05) is 33.3 Å². The van der Waals surface area contributed by atoms with Gasteiger partial charge in [-0.2, -0.15) is 13.2 Å². The van der Waals surface area contributed by atoms with Crippen LogP contribution >= 0.6 is 0 Å². The molecule has 1 spiro atoms. The zero-order chi connectivity index (χ0) is 26.2. The number of piperidine rings is 2. The topological polar surface area (TPSA) is 59.1 Å². The van der Waals surface area contributed by atoms with Crippen LogP contribution in [0.4, 0.5) is 22.4 Å². The third-order valence-corrected chi connectivity index (χ3v) is 7.86. The smallest absolute Gasteiger partial charge is 0.410 e. The maximum Gasteiger partial charge on any atom is 0.410 e. The number of nitrogens with zero attached hydrogens (tertiary/aromatic N) is 2. The van der Waals surface area contributed by atoms with Crippen molar-refractivity contribution in [1.82, 2.24) is 9.80 Å². The minimum atomic E-state index is -4.88. The van der Waals surface area contributed by atoms with Crippen molar-refractivity contribution in [2.45, 2.75) is 62.2 Å². The lowest BCUT2D eigenvalue weighted by Crippen LogP contribution is -2.62. The summed E-state index contributed by atoms with van der Waals surface area (Å²) < 4.78 is 61.4. The van der Waals surface area contributed by atoms with Gasteiger partial charge in [0.1, 0.15) is 11.4 Å². The average Bonchev–Trinajstić information content (AvgIpc) is 2.77. The van der Waals surface area contributed by atoms with Crippen LogP contribution in [-0.4, -0.2) is 87.6 Å². The number of amides is 2. The van der Waals surface area contributed by atoms with Crippen LogP contribution in [0.1, 0.15) is 51.5 Å². The molecule has 2 aliphatic rings. The van der Waals surface area contributed by atoms with Crippen LogP contribution in [-0.2, 0) is 14.3 Å². The van der Waals surface area contributed by atoms with E-state index < -0.39 is 28.2 Å². The van der Waals surface area contributed by atoms with Crippen LogP contribution in [0.2, 0.25) is 0 Å². The van der Waals surface area contributed by atoms with Gasteiger partial charge >= 0.3 is 12.3 Å². The van der Waals surface area contributed by atoms with E-state index in [9.17, 15) is 27.2 Å². The molecule has 2 heterocycles. The van der Waals surface area contributed by atoms with E-state index in [1.165, 1.54) is 33.3 Å². The Balaban J connectivity index is 1.83. The fourth-order valence-electron chi connectivity index (χ4n) is 5.00. The Hall–Kier alpha value is -1.83. The van der Waals surface area contributed by atoms with Crippen LogP contribution in [0.3, 0.4) is 0 Å². The molecular formula is C24H31AlF4N2O4. The molecule has 2 amide bonds. The Bertz CT molecular complexity index is 927. The number of hydrogen-bond donors (Lipinski definition) is 0. The van der Waals surface area contributed by atoms with Crippen molar-refractivity contribution in [2.24, 2.45) is 5.41 Å². The molecule has 2 fully saturated rings. The van der Waals surface area contributed by atoms with Gasteiger partial charge in [-0.1, -0.05) is 12.1 Å². The van der Waals surface area contributed by atoms with Gasteiger partial charge in [-0.05, 0) is 63.1 Å². The molecule has 0 saturated carbocycles. The highest BCUT2D eigenvalue weighted by Crippen LogP contribution is 2.50. The van der Waals surface area contributed by atoms with Crippen molar-refractivity contribution in [3.05, 3.63) is 35.6 Å². The molecule has 1 aromatic carbocycles. The number of benzene rings is 1. The highest BCUT2D eigenvalue weighted by molar-refractivity contribution is 6.28. The highest BCUT2D eigenvalue weighted by Gasteiger charge is 2.58. The van der Waals surface area contributed by atoms with Crippen molar-refractivity contribution in [1.29, 1.82) is 0 Å². The second-order valence-corrected chi connectivity index (χ2v) is 11.2. The molecular weight excluding hydrogens is 483 g/mol. The molecule has 1 aromatic rings. The van der Waals surface area contributed by atoms with Crippen LogP contribution in [0.25, 0.3) is 0 Å². The minimum Gasteiger partial charge on any atom is -0.444 e. The predicted octanol–water partition coefficient (Wildman–Crippen LogP) is 4.23. The van der Waals surface area contributed by atoms with Gasteiger partial charge in [0.25, 0.3) is 0 Å². The van der Waals surface area contributed by atoms with E-state index in [-0.39, 0.29) is 30.2 Å². The predicted molar refractivity (Wildman–Crippen MR) is 121 cm³/mol. The van der Waals surface area contributed by atoms with E-state index in [2.05, 4.69) is 4.74 Å². The quantitative estimate of drug-likeness (QED) is 0.448. The van der Waals surface area contributed by atoms with Crippen LogP contribution in [0, 0.1) is 11.2 Å². The SMILES string of the molecule is CO[C@]([Al])(C(=O)N1CCC2(CCN(C(=O)OC(C)(C)C)CC2c2ccc(F)cc2)CC1)C(F)(F)F. The lowest BCUT2D eigenvalue weighted by atomic mass is 9.62. The maximum atomic E-state index is 13.6. The van der Waals surface area contributed by atoms with E-state index in [1.807, 2.05) is 0 Å². The van der Waals surface area contributed by atoms with Crippen LogP contribution < -0.4 is 0 Å². The number of ether oxygens (including phenoxy) is 2. The molecule has 11 heteroatoms. The summed E-state index contributed by atoms with van der Waals surface area (Å²) in [5.74, 6) is -1.71. The average molecular weight is 514 g/mol. The maximum absolute atomic E-state index is 13.6. The highest BCUT2D eigenvalue weighted by atomic mass is 27.0. The van der Waals surface area contributed by atoms with Gasteiger partial charge in [0, 0.05) is 39.2 Å². The van der Waals surface area contributed by atoms with Gasteiger partial charge in [0.2, 0.25) is 22.2 Å². The van der Waals surface area contributed by atoms with E-state index in [0.29, 0.717) is 32.4 Å². The van der Waals surface area contributed by atoms with Gasteiger partial charge in [-0.25, -0.2) is 9.18 Å². The Kier molecular flexibility index (Phi) is 7.86. The van der Waals surface area contributed by atoms with Crippen molar-refractivity contribution in [3.63, 3.8) is 0 Å². The molecule has 0 aromatic heterocycles. The number of halogens is 4. The lowest BCUT2D eigenvalue weighted by molar-refractivity contribution is -0.235. The number of alkyl halides is 3. The second-order valence-electron chi connectivity index (χ2n) is 10.4. The first-order valence-corrected chi connectivity index (χ1v) is 12.1. The molecule has 0 bridgehead atoms. The first kappa shape index (κ1) is 27.8. The van der Waals surface area contributed by atoms with Gasteiger partial charge in [0.15, 0.2) is 4.46 Å².